The average molecular weight is 370 g/mol. The highest BCUT2D eigenvalue weighted by molar-refractivity contribution is 6.29. The highest BCUT2D eigenvalue weighted by atomic mass is 16.6. The quantitative estimate of drug-likeness (QED) is 0.457. The lowest BCUT2D eigenvalue weighted by Gasteiger charge is -2.55. The molecule has 1 heterocycles. The number of rotatable bonds is 2. The summed E-state index contributed by atoms with van der Waals surface area (Å²) in [5, 5.41) is 11.4. The summed E-state index contributed by atoms with van der Waals surface area (Å²) in [5.41, 5.74) is -1.80. The van der Waals surface area contributed by atoms with Crippen molar-refractivity contribution in [3.05, 3.63) is 23.8 Å². The fourth-order valence-corrected chi connectivity index (χ4v) is 7.60. The van der Waals surface area contributed by atoms with Crippen LogP contribution in [-0.4, -0.2) is 40.3 Å². The molecule has 1 aliphatic heterocycles. The summed E-state index contributed by atoms with van der Waals surface area (Å²) < 4.78 is 6.41. The second kappa shape index (κ2) is 4.87. The van der Waals surface area contributed by atoms with E-state index in [-0.39, 0.29) is 46.9 Å². The fraction of sp³-hybridized carbons (Fsp3) is 0.682. The molecule has 0 radical (unpaired) electrons. The lowest BCUT2D eigenvalue weighted by atomic mass is 9.47. The normalized spacial score (nSPS) is 55.0. The summed E-state index contributed by atoms with van der Waals surface area (Å²) in [6.07, 6.45) is 8.66. The van der Waals surface area contributed by atoms with Crippen LogP contribution in [0.2, 0.25) is 0 Å². The molecule has 0 aromatic rings. The third-order valence-corrected chi connectivity index (χ3v) is 9.00. The van der Waals surface area contributed by atoms with Gasteiger partial charge < -0.3 is 9.84 Å². The Morgan fingerprint density at radius 2 is 2.07 bits per heavy atom. The number of hydrogen-bond donors (Lipinski definition) is 1. The highest BCUT2D eigenvalue weighted by Gasteiger charge is 2.81. The van der Waals surface area contributed by atoms with E-state index in [2.05, 4.69) is 6.92 Å². The van der Waals surface area contributed by atoms with Crippen LogP contribution >= 0.6 is 0 Å². The maximum atomic E-state index is 12.5. The first kappa shape index (κ1) is 17.5. The predicted octanol–water partition coefficient (Wildman–Crippen LogP) is 2.17. The molecule has 4 fully saturated rings. The van der Waals surface area contributed by atoms with Gasteiger partial charge in [0.05, 0.1) is 6.10 Å². The average Bonchev–Trinajstić information content (AvgIpc) is 3.31. The van der Waals surface area contributed by atoms with Gasteiger partial charge in [-0.05, 0) is 62.5 Å². The third-order valence-electron chi connectivity index (χ3n) is 9.00. The Bertz CT molecular complexity index is 842. The second-order valence-electron chi connectivity index (χ2n) is 9.77. The van der Waals surface area contributed by atoms with Gasteiger partial charge in [0, 0.05) is 10.8 Å². The van der Waals surface area contributed by atoms with Gasteiger partial charge in [0.15, 0.2) is 12.1 Å². The number of aliphatic hydroxyl groups is 1. The van der Waals surface area contributed by atoms with Gasteiger partial charge in [-0.25, -0.2) is 0 Å². The molecule has 0 aromatic heterocycles. The number of allylic oxidation sites excluding steroid dienone is 2. The number of carbonyl (C=O) groups excluding carboxylic acids is 3. The first-order valence-electron chi connectivity index (χ1n) is 9.99. The standard InChI is InChI=1S/C22H26O5/c1-12-8-16-15-5-4-13-9-14(24)6-7-19(13,2)22(15)18(27-22)10-20(16,3)21(12,26)17(25)11-23/h6-7,9,11-12,15-16,18,26H,4-5,8,10H2,1-3H3/t12-,15?,16?,18+,19+,20+,21-,22-/m1/s1. The molecule has 5 rings (SSSR count). The van der Waals surface area contributed by atoms with Crippen LogP contribution in [0.5, 0.6) is 0 Å². The molecule has 8 atom stereocenters. The van der Waals surface area contributed by atoms with Crippen molar-refractivity contribution in [1.29, 1.82) is 0 Å². The maximum absolute atomic E-state index is 12.5. The third kappa shape index (κ3) is 1.68. The van der Waals surface area contributed by atoms with Crippen LogP contribution < -0.4 is 0 Å². The van der Waals surface area contributed by atoms with E-state index in [4.69, 9.17) is 4.74 Å². The molecule has 5 nitrogen and oxygen atoms in total. The van der Waals surface area contributed by atoms with Crippen LogP contribution in [-0.2, 0) is 19.1 Å². The van der Waals surface area contributed by atoms with Gasteiger partial charge >= 0.3 is 0 Å². The molecule has 1 spiro atoms. The molecule has 0 aromatic carbocycles. The summed E-state index contributed by atoms with van der Waals surface area (Å²) >= 11 is 0. The molecule has 1 N–H and O–H groups in total. The van der Waals surface area contributed by atoms with E-state index in [0.29, 0.717) is 12.8 Å². The summed E-state index contributed by atoms with van der Waals surface area (Å²) in [4.78, 5) is 35.7. The molecule has 5 aliphatic rings. The largest absolute Gasteiger partial charge is 0.381 e. The molecular formula is C22H26O5. The topological polar surface area (TPSA) is 84.0 Å². The van der Waals surface area contributed by atoms with Crippen molar-refractivity contribution in [2.45, 2.75) is 63.8 Å². The van der Waals surface area contributed by atoms with E-state index < -0.39 is 16.8 Å². The lowest BCUT2D eigenvalue weighted by molar-refractivity contribution is -0.164. The van der Waals surface area contributed by atoms with Gasteiger partial charge in [0.1, 0.15) is 11.2 Å². The minimum Gasteiger partial charge on any atom is -0.381 e. The SMILES string of the molecule is C[C@@H]1CC2C3CCC4=CC(=O)C=C[C@]4(C)[C@@]34O[C@H]4C[C@]2(C)[C@]1(O)C(=O)C=O. The van der Waals surface area contributed by atoms with Gasteiger partial charge in [-0.15, -0.1) is 0 Å². The van der Waals surface area contributed by atoms with Gasteiger partial charge in [-0.1, -0.05) is 25.5 Å². The van der Waals surface area contributed by atoms with E-state index in [0.717, 1.165) is 18.4 Å². The van der Waals surface area contributed by atoms with E-state index in [9.17, 15) is 19.5 Å². The van der Waals surface area contributed by atoms with Crippen LogP contribution in [0.25, 0.3) is 0 Å². The summed E-state index contributed by atoms with van der Waals surface area (Å²) in [6, 6.07) is 0. The Labute approximate surface area is 158 Å². The Kier molecular flexibility index (Phi) is 3.16. The number of fused-ring (bicyclic) bond motifs is 3. The first-order chi connectivity index (χ1) is 12.6. The zero-order valence-corrected chi connectivity index (χ0v) is 16.0. The first-order valence-corrected chi connectivity index (χ1v) is 9.99. The molecule has 144 valence electrons. The smallest absolute Gasteiger partial charge is 0.227 e. The monoisotopic (exact) mass is 370 g/mol. The molecule has 4 aliphatic carbocycles. The molecule has 2 unspecified atom stereocenters. The molecule has 27 heavy (non-hydrogen) atoms. The number of aldehydes is 1. The number of hydrogen-bond acceptors (Lipinski definition) is 5. The van der Waals surface area contributed by atoms with Crippen molar-refractivity contribution in [3.63, 3.8) is 0 Å². The molecule has 0 amide bonds. The predicted molar refractivity (Wildman–Crippen MR) is 96.7 cm³/mol. The van der Waals surface area contributed by atoms with Crippen molar-refractivity contribution >= 4 is 17.9 Å². The number of epoxide rings is 1. The Balaban J connectivity index is 1.61. The van der Waals surface area contributed by atoms with E-state index in [1.54, 1.807) is 12.2 Å². The van der Waals surface area contributed by atoms with Crippen LogP contribution in [0, 0.1) is 28.6 Å². The van der Waals surface area contributed by atoms with E-state index in [1.807, 2.05) is 19.9 Å². The molecule has 5 heteroatoms. The maximum Gasteiger partial charge on any atom is 0.227 e. The van der Waals surface area contributed by atoms with Crippen LogP contribution in [0.4, 0.5) is 0 Å². The van der Waals surface area contributed by atoms with Crippen LogP contribution in [0.3, 0.4) is 0 Å². The van der Waals surface area contributed by atoms with Crippen LogP contribution in [0.1, 0.15) is 46.5 Å². The zero-order chi connectivity index (χ0) is 19.4. The Morgan fingerprint density at radius 3 is 2.78 bits per heavy atom. The molecule has 3 saturated carbocycles. The van der Waals surface area contributed by atoms with Gasteiger partial charge in [-0.2, -0.15) is 0 Å². The number of carbonyl (C=O) groups is 3. The number of ketones is 2. The van der Waals surface area contributed by atoms with Gasteiger partial charge in [0.2, 0.25) is 5.78 Å². The highest BCUT2D eigenvalue weighted by Crippen LogP contribution is 2.76. The van der Waals surface area contributed by atoms with E-state index in [1.165, 1.54) is 0 Å². The van der Waals surface area contributed by atoms with Gasteiger partial charge in [-0.3, -0.25) is 14.4 Å². The van der Waals surface area contributed by atoms with Crippen molar-refractivity contribution in [2.24, 2.45) is 28.6 Å². The number of Topliss-reactive ketones (excluding diaryl/α,β-unsaturated/α-hetero) is 1. The zero-order valence-electron chi connectivity index (χ0n) is 16.0. The van der Waals surface area contributed by atoms with Crippen molar-refractivity contribution in [1.82, 2.24) is 0 Å². The van der Waals surface area contributed by atoms with Crippen molar-refractivity contribution in [2.75, 3.05) is 0 Å². The molecular weight excluding hydrogens is 344 g/mol. The Hall–Kier alpha value is -1.59. The summed E-state index contributed by atoms with van der Waals surface area (Å²) in [5.74, 6) is -0.593. The summed E-state index contributed by atoms with van der Waals surface area (Å²) in [6.45, 7) is 6.03. The van der Waals surface area contributed by atoms with Crippen molar-refractivity contribution in [3.8, 4) is 0 Å². The Morgan fingerprint density at radius 1 is 1.33 bits per heavy atom. The van der Waals surface area contributed by atoms with Gasteiger partial charge in [0.25, 0.3) is 0 Å². The minimum absolute atomic E-state index is 0.0376. The second-order valence-corrected chi connectivity index (χ2v) is 9.77. The molecule has 1 saturated heterocycles. The molecule has 0 bridgehead atoms. The lowest BCUT2D eigenvalue weighted by Crippen LogP contribution is -2.62. The summed E-state index contributed by atoms with van der Waals surface area (Å²) in [7, 11) is 0. The fourth-order valence-electron chi connectivity index (χ4n) is 7.60. The van der Waals surface area contributed by atoms with Crippen molar-refractivity contribution < 1.29 is 24.2 Å². The number of ether oxygens (including phenoxy) is 1. The van der Waals surface area contributed by atoms with E-state index >= 15 is 0 Å². The minimum atomic E-state index is -1.62. The van der Waals surface area contributed by atoms with Crippen LogP contribution in [0.15, 0.2) is 23.8 Å².